The van der Waals surface area contributed by atoms with Crippen molar-refractivity contribution in [2.45, 2.75) is 52.2 Å². The van der Waals surface area contributed by atoms with Gasteiger partial charge >= 0.3 is 12.6 Å². The number of nitriles is 1. The van der Waals surface area contributed by atoms with Gasteiger partial charge in [0.25, 0.3) is 0 Å². The van der Waals surface area contributed by atoms with Gasteiger partial charge in [-0.15, -0.1) is 0 Å². The largest absolute Gasteiger partial charge is 0.496 e. The summed E-state index contributed by atoms with van der Waals surface area (Å²) in [5, 5.41) is 9.40. The molecular weight excluding hydrogens is 432 g/mol. The second kappa shape index (κ2) is 8.70. The second-order valence-corrected chi connectivity index (χ2v) is 8.96. The zero-order chi connectivity index (χ0) is 24.6. The molecule has 0 aliphatic heterocycles. The van der Waals surface area contributed by atoms with E-state index in [1.807, 2.05) is 0 Å². The Morgan fingerprint density at radius 1 is 1.15 bits per heavy atom. The number of imidazole rings is 1. The molecule has 0 spiro atoms. The van der Waals surface area contributed by atoms with Gasteiger partial charge in [0, 0.05) is 11.8 Å². The summed E-state index contributed by atoms with van der Waals surface area (Å²) in [4.78, 5) is 17.1. The first-order valence-electron chi connectivity index (χ1n) is 10.2. The van der Waals surface area contributed by atoms with Crippen molar-refractivity contribution in [2.24, 2.45) is 0 Å². The summed E-state index contributed by atoms with van der Waals surface area (Å²) < 4.78 is 43.5. The van der Waals surface area contributed by atoms with Gasteiger partial charge in [-0.05, 0) is 64.4 Å². The fraction of sp³-hybridized carbons (Fsp3) is 0.375. The maximum Gasteiger partial charge on any atom is 0.387 e. The number of hydrogen-bond acceptors (Lipinski definition) is 6. The number of fused-ring (bicyclic) bond motifs is 1. The van der Waals surface area contributed by atoms with Crippen molar-refractivity contribution in [3.63, 3.8) is 0 Å². The molecule has 33 heavy (non-hydrogen) atoms. The fourth-order valence-electron chi connectivity index (χ4n) is 3.27. The van der Waals surface area contributed by atoms with Gasteiger partial charge in [0.2, 0.25) is 0 Å². The molecule has 1 aromatic carbocycles. The molecule has 2 heterocycles. The van der Waals surface area contributed by atoms with Crippen LogP contribution in [0.1, 0.15) is 50.5 Å². The number of ether oxygens (including phenoxy) is 3. The van der Waals surface area contributed by atoms with E-state index in [0.29, 0.717) is 16.9 Å². The zero-order valence-corrected chi connectivity index (χ0v) is 19.3. The minimum absolute atomic E-state index is 0.0228. The Balaban J connectivity index is 2.17. The van der Waals surface area contributed by atoms with Crippen molar-refractivity contribution >= 4 is 11.6 Å². The van der Waals surface area contributed by atoms with Gasteiger partial charge in [-0.25, -0.2) is 9.78 Å². The number of methoxy groups -OCH3 is 1. The Hall–Kier alpha value is -3.67. The minimum Gasteiger partial charge on any atom is -0.496 e. The Bertz CT molecular complexity index is 1240. The van der Waals surface area contributed by atoms with E-state index in [2.05, 4.69) is 15.8 Å². The Kier molecular flexibility index (Phi) is 6.32. The summed E-state index contributed by atoms with van der Waals surface area (Å²) in [6.45, 7) is 5.44. The fourth-order valence-corrected chi connectivity index (χ4v) is 3.27. The zero-order valence-electron chi connectivity index (χ0n) is 19.3. The van der Waals surface area contributed by atoms with Crippen LogP contribution in [0.2, 0.25) is 0 Å². The van der Waals surface area contributed by atoms with Gasteiger partial charge in [-0.2, -0.15) is 14.0 Å². The van der Waals surface area contributed by atoms with Gasteiger partial charge in [-0.3, -0.25) is 4.40 Å². The molecule has 0 bridgehead atoms. The van der Waals surface area contributed by atoms with E-state index < -0.39 is 23.6 Å². The lowest BCUT2D eigenvalue weighted by Gasteiger charge is -2.22. The summed E-state index contributed by atoms with van der Waals surface area (Å²) >= 11 is 0. The predicted octanol–water partition coefficient (Wildman–Crippen LogP) is 5.37. The van der Waals surface area contributed by atoms with E-state index in [1.165, 1.54) is 19.2 Å². The molecule has 0 unspecified atom stereocenters. The van der Waals surface area contributed by atoms with Crippen LogP contribution in [0.4, 0.5) is 8.78 Å². The summed E-state index contributed by atoms with van der Waals surface area (Å²) in [5.41, 5.74) is 0.563. The van der Waals surface area contributed by atoms with E-state index in [0.717, 1.165) is 5.56 Å². The molecule has 0 aliphatic rings. The van der Waals surface area contributed by atoms with Gasteiger partial charge in [0.05, 0.1) is 30.5 Å². The highest BCUT2D eigenvalue weighted by Crippen LogP contribution is 2.37. The lowest BCUT2D eigenvalue weighted by Crippen LogP contribution is -2.25. The Morgan fingerprint density at radius 3 is 2.39 bits per heavy atom. The molecule has 3 rings (SSSR count). The standard InChI is InChI=1S/C24H25F2N3O4/c1-23(2,3)33-21(30)20-17(31-6)9-14(10-18(20)32-22(25)26)16-12-28-19-11-15(7-8-29(16)19)24(4,5)13-27/h7-12,22H,1-6H3. The number of rotatable bonds is 6. The van der Waals surface area contributed by atoms with E-state index in [1.54, 1.807) is 63.5 Å². The van der Waals surface area contributed by atoms with E-state index >= 15 is 0 Å². The molecule has 0 N–H and O–H groups in total. The SMILES string of the molecule is COc1cc(-c2cnc3cc(C(C)(C)C#N)ccn23)cc(OC(F)F)c1C(=O)OC(C)(C)C. The number of aromatic nitrogens is 2. The smallest absolute Gasteiger partial charge is 0.387 e. The van der Waals surface area contributed by atoms with Crippen molar-refractivity contribution in [3.8, 4) is 28.8 Å². The molecule has 174 valence electrons. The average Bonchev–Trinajstić information content (AvgIpc) is 3.14. The van der Waals surface area contributed by atoms with Crippen LogP contribution in [0.25, 0.3) is 16.9 Å². The Morgan fingerprint density at radius 2 is 1.82 bits per heavy atom. The summed E-state index contributed by atoms with van der Waals surface area (Å²) in [6.07, 6.45) is 3.31. The second-order valence-electron chi connectivity index (χ2n) is 8.96. The molecule has 7 nitrogen and oxygen atoms in total. The molecular formula is C24H25F2N3O4. The van der Waals surface area contributed by atoms with Crippen LogP contribution in [0, 0.1) is 11.3 Å². The lowest BCUT2D eigenvalue weighted by molar-refractivity contribution is -0.0509. The van der Waals surface area contributed by atoms with Crippen LogP contribution in [-0.2, 0) is 10.2 Å². The van der Waals surface area contributed by atoms with Crippen molar-refractivity contribution in [1.29, 1.82) is 5.26 Å². The molecule has 0 saturated heterocycles. The number of halogens is 2. The number of pyridine rings is 1. The maximum absolute atomic E-state index is 13.2. The van der Waals surface area contributed by atoms with Gasteiger partial charge in [0.1, 0.15) is 28.3 Å². The first-order valence-corrected chi connectivity index (χ1v) is 10.2. The predicted molar refractivity (Wildman–Crippen MR) is 118 cm³/mol. The molecule has 9 heteroatoms. The van der Waals surface area contributed by atoms with Gasteiger partial charge in [0.15, 0.2) is 0 Å². The van der Waals surface area contributed by atoms with Crippen LogP contribution in [0.15, 0.2) is 36.7 Å². The number of hydrogen-bond donors (Lipinski definition) is 0. The number of carbonyl (C=O) groups excluding carboxylic acids is 1. The van der Waals surface area contributed by atoms with Crippen molar-refractivity contribution in [3.05, 3.63) is 47.8 Å². The van der Waals surface area contributed by atoms with Crippen LogP contribution < -0.4 is 9.47 Å². The van der Waals surface area contributed by atoms with E-state index in [4.69, 9.17) is 9.47 Å². The molecule has 0 radical (unpaired) electrons. The topological polar surface area (TPSA) is 85.9 Å². The number of benzene rings is 1. The normalized spacial score (nSPS) is 12.0. The van der Waals surface area contributed by atoms with Crippen molar-refractivity contribution < 1.29 is 27.8 Å². The average molecular weight is 457 g/mol. The number of alkyl halides is 2. The third-order valence-electron chi connectivity index (χ3n) is 4.92. The lowest BCUT2D eigenvalue weighted by atomic mass is 9.87. The van der Waals surface area contributed by atoms with Crippen LogP contribution in [0.5, 0.6) is 11.5 Å². The molecule has 0 amide bonds. The van der Waals surface area contributed by atoms with Crippen LogP contribution in [0.3, 0.4) is 0 Å². The quantitative estimate of drug-likeness (QED) is 0.463. The first kappa shape index (κ1) is 24.0. The van der Waals surface area contributed by atoms with E-state index in [9.17, 15) is 18.8 Å². The summed E-state index contributed by atoms with van der Waals surface area (Å²) in [5.74, 6) is -1.19. The molecule has 2 aromatic heterocycles. The van der Waals surface area contributed by atoms with Crippen molar-refractivity contribution in [1.82, 2.24) is 9.38 Å². The third kappa shape index (κ3) is 5.06. The van der Waals surface area contributed by atoms with Gasteiger partial charge in [-0.1, -0.05) is 0 Å². The summed E-state index contributed by atoms with van der Waals surface area (Å²) in [7, 11) is 1.32. The first-order chi connectivity index (χ1) is 15.4. The summed E-state index contributed by atoms with van der Waals surface area (Å²) in [6, 6.07) is 8.69. The van der Waals surface area contributed by atoms with Gasteiger partial charge < -0.3 is 14.2 Å². The molecule has 0 saturated carbocycles. The maximum atomic E-state index is 13.2. The minimum atomic E-state index is -3.16. The third-order valence-corrected chi connectivity index (χ3v) is 4.92. The highest BCUT2D eigenvalue weighted by atomic mass is 19.3. The number of carbonyl (C=O) groups is 1. The van der Waals surface area contributed by atoms with Crippen LogP contribution >= 0.6 is 0 Å². The highest BCUT2D eigenvalue weighted by molar-refractivity contribution is 5.97. The molecule has 0 fully saturated rings. The number of esters is 1. The number of nitrogens with zero attached hydrogens (tertiary/aromatic N) is 3. The Labute approximate surface area is 190 Å². The van der Waals surface area contributed by atoms with Crippen LogP contribution in [-0.4, -0.2) is 34.7 Å². The molecule has 0 aliphatic carbocycles. The van der Waals surface area contributed by atoms with Crippen molar-refractivity contribution in [2.75, 3.05) is 7.11 Å². The monoisotopic (exact) mass is 457 g/mol. The van der Waals surface area contributed by atoms with E-state index in [-0.39, 0.29) is 17.1 Å². The molecule has 0 atom stereocenters. The highest BCUT2D eigenvalue weighted by Gasteiger charge is 2.28. The molecule has 3 aromatic rings.